The Hall–Kier alpha value is -2.77. The molecule has 4 N–H and O–H groups in total. The van der Waals surface area contributed by atoms with Crippen LogP contribution in [-0.4, -0.2) is 30.9 Å². The van der Waals surface area contributed by atoms with E-state index >= 15 is 0 Å². The Labute approximate surface area is 166 Å². The molecule has 0 aliphatic rings. The Balaban J connectivity index is 1.74. The Morgan fingerprint density at radius 3 is 2.22 bits per heavy atom. The van der Waals surface area contributed by atoms with Crippen LogP contribution >= 0.6 is 23.2 Å². The zero-order chi connectivity index (χ0) is 19.8. The molecule has 0 aromatic heterocycles. The second-order valence-corrected chi connectivity index (χ2v) is 6.36. The van der Waals surface area contributed by atoms with Crippen molar-refractivity contribution in [3.05, 3.63) is 58.1 Å². The maximum absolute atomic E-state index is 12.0. The number of urea groups is 1. The van der Waals surface area contributed by atoms with Crippen LogP contribution in [0.1, 0.15) is 17.3 Å². The van der Waals surface area contributed by atoms with Gasteiger partial charge in [-0.3, -0.25) is 9.59 Å². The first kappa shape index (κ1) is 20.5. The number of amides is 4. The van der Waals surface area contributed by atoms with Crippen molar-refractivity contribution in [1.29, 1.82) is 0 Å². The van der Waals surface area contributed by atoms with Crippen molar-refractivity contribution in [3.63, 3.8) is 0 Å². The first-order chi connectivity index (χ1) is 12.8. The molecular weight excluding hydrogens is 391 g/mol. The molecule has 2 rings (SSSR count). The standard InChI is InChI=1S/C18H18Cl2N4O3/c1-11(25)23-14-5-2-12(3-6-14)17(26)21-8-9-22-18(27)24-16-10-13(19)4-7-15(16)20/h2-7,10H,8-9H2,1H3,(H,21,26)(H,23,25)(H2,22,24,27). The number of carbonyl (C=O) groups is 3. The van der Waals surface area contributed by atoms with Gasteiger partial charge in [0.05, 0.1) is 10.7 Å². The smallest absolute Gasteiger partial charge is 0.319 e. The van der Waals surface area contributed by atoms with Gasteiger partial charge in [0.25, 0.3) is 5.91 Å². The van der Waals surface area contributed by atoms with Crippen LogP contribution in [0.5, 0.6) is 0 Å². The van der Waals surface area contributed by atoms with E-state index in [1.165, 1.54) is 13.0 Å². The summed E-state index contributed by atoms with van der Waals surface area (Å²) in [4.78, 5) is 34.9. The first-order valence-corrected chi connectivity index (χ1v) is 8.76. The number of benzene rings is 2. The van der Waals surface area contributed by atoms with Crippen molar-refractivity contribution in [2.45, 2.75) is 6.92 Å². The fourth-order valence-corrected chi connectivity index (χ4v) is 2.46. The molecule has 0 radical (unpaired) electrons. The predicted octanol–water partition coefficient (Wildman–Crippen LogP) is 3.50. The highest BCUT2D eigenvalue weighted by Gasteiger charge is 2.08. The molecule has 0 unspecified atom stereocenters. The maximum Gasteiger partial charge on any atom is 0.319 e. The Bertz CT molecular complexity index is 841. The Kier molecular flexibility index (Phi) is 7.45. The average Bonchev–Trinajstić information content (AvgIpc) is 2.62. The van der Waals surface area contributed by atoms with Gasteiger partial charge >= 0.3 is 6.03 Å². The number of hydrogen-bond donors (Lipinski definition) is 4. The molecule has 0 saturated heterocycles. The van der Waals surface area contributed by atoms with E-state index in [1.54, 1.807) is 36.4 Å². The van der Waals surface area contributed by atoms with Gasteiger partial charge in [-0.15, -0.1) is 0 Å². The van der Waals surface area contributed by atoms with Crippen LogP contribution in [0.25, 0.3) is 0 Å². The van der Waals surface area contributed by atoms with E-state index in [0.29, 0.717) is 27.0 Å². The molecule has 0 bridgehead atoms. The summed E-state index contributed by atoms with van der Waals surface area (Å²) in [5.41, 5.74) is 1.45. The fraction of sp³-hybridized carbons (Fsp3) is 0.167. The summed E-state index contributed by atoms with van der Waals surface area (Å²) >= 11 is 11.8. The van der Waals surface area contributed by atoms with Crippen LogP contribution in [0.4, 0.5) is 16.2 Å². The normalized spacial score (nSPS) is 10.0. The molecule has 0 saturated carbocycles. The Morgan fingerprint density at radius 2 is 1.56 bits per heavy atom. The van der Waals surface area contributed by atoms with Crippen LogP contribution < -0.4 is 21.3 Å². The minimum absolute atomic E-state index is 0.185. The molecule has 27 heavy (non-hydrogen) atoms. The van der Waals surface area contributed by atoms with Gasteiger partial charge in [-0.2, -0.15) is 0 Å². The topological polar surface area (TPSA) is 99.3 Å². The fourth-order valence-electron chi connectivity index (χ4n) is 2.12. The van der Waals surface area contributed by atoms with E-state index in [9.17, 15) is 14.4 Å². The van der Waals surface area contributed by atoms with Gasteiger partial charge in [0.15, 0.2) is 0 Å². The lowest BCUT2D eigenvalue weighted by molar-refractivity contribution is -0.114. The van der Waals surface area contributed by atoms with E-state index in [0.717, 1.165) is 0 Å². The zero-order valence-corrected chi connectivity index (χ0v) is 15.9. The number of carbonyl (C=O) groups excluding carboxylic acids is 3. The molecule has 2 aromatic rings. The van der Waals surface area contributed by atoms with Gasteiger partial charge < -0.3 is 21.3 Å². The lowest BCUT2D eigenvalue weighted by Crippen LogP contribution is -2.36. The summed E-state index contributed by atoms with van der Waals surface area (Å²) in [6, 6.07) is 10.7. The van der Waals surface area contributed by atoms with Crippen molar-refractivity contribution < 1.29 is 14.4 Å². The molecule has 0 fully saturated rings. The molecular formula is C18H18Cl2N4O3. The first-order valence-electron chi connectivity index (χ1n) is 8.01. The maximum atomic E-state index is 12.0. The van der Waals surface area contributed by atoms with Crippen LogP contribution in [0, 0.1) is 0 Å². The third kappa shape index (κ3) is 6.80. The molecule has 0 spiro atoms. The molecule has 0 atom stereocenters. The third-order valence-corrected chi connectivity index (χ3v) is 3.90. The van der Waals surface area contributed by atoms with Crippen molar-refractivity contribution in [3.8, 4) is 0 Å². The average molecular weight is 409 g/mol. The van der Waals surface area contributed by atoms with Crippen molar-refractivity contribution in [2.24, 2.45) is 0 Å². The zero-order valence-electron chi connectivity index (χ0n) is 14.4. The highest BCUT2D eigenvalue weighted by molar-refractivity contribution is 6.35. The summed E-state index contributed by atoms with van der Waals surface area (Å²) in [6.07, 6.45) is 0. The molecule has 9 heteroatoms. The molecule has 4 amide bonds. The predicted molar refractivity (Wildman–Crippen MR) is 107 cm³/mol. The SMILES string of the molecule is CC(=O)Nc1ccc(C(=O)NCCNC(=O)Nc2cc(Cl)ccc2Cl)cc1. The lowest BCUT2D eigenvalue weighted by Gasteiger charge is -2.10. The van der Waals surface area contributed by atoms with Gasteiger partial charge in [0, 0.05) is 36.3 Å². The van der Waals surface area contributed by atoms with Crippen molar-refractivity contribution in [1.82, 2.24) is 10.6 Å². The summed E-state index contributed by atoms with van der Waals surface area (Å²) < 4.78 is 0. The highest BCUT2D eigenvalue weighted by atomic mass is 35.5. The van der Waals surface area contributed by atoms with Crippen LogP contribution in [-0.2, 0) is 4.79 Å². The second-order valence-electron chi connectivity index (χ2n) is 5.52. The van der Waals surface area contributed by atoms with Crippen molar-refractivity contribution in [2.75, 3.05) is 23.7 Å². The number of hydrogen-bond acceptors (Lipinski definition) is 3. The van der Waals surface area contributed by atoms with Gasteiger partial charge in [-0.05, 0) is 42.5 Å². The van der Waals surface area contributed by atoms with E-state index in [2.05, 4.69) is 21.3 Å². The second kappa shape index (κ2) is 9.80. The molecule has 0 aliphatic heterocycles. The third-order valence-electron chi connectivity index (χ3n) is 3.34. The van der Waals surface area contributed by atoms with Gasteiger partial charge in [0.2, 0.25) is 5.91 Å². The summed E-state index contributed by atoms with van der Waals surface area (Å²) in [6.45, 7) is 1.87. The largest absolute Gasteiger partial charge is 0.350 e. The molecule has 2 aromatic carbocycles. The Morgan fingerprint density at radius 1 is 0.889 bits per heavy atom. The molecule has 0 heterocycles. The van der Waals surface area contributed by atoms with E-state index < -0.39 is 6.03 Å². The van der Waals surface area contributed by atoms with Crippen LogP contribution in [0.2, 0.25) is 10.0 Å². The quantitative estimate of drug-likeness (QED) is 0.550. The molecule has 7 nitrogen and oxygen atoms in total. The minimum atomic E-state index is -0.465. The van der Waals surface area contributed by atoms with Crippen LogP contribution in [0.3, 0.4) is 0 Å². The van der Waals surface area contributed by atoms with E-state index in [4.69, 9.17) is 23.2 Å². The van der Waals surface area contributed by atoms with E-state index in [-0.39, 0.29) is 24.9 Å². The summed E-state index contributed by atoms with van der Waals surface area (Å²) in [5, 5.41) is 11.3. The number of rotatable bonds is 6. The summed E-state index contributed by atoms with van der Waals surface area (Å²) in [5.74, 6) is -0.472. The molecule has 142 valence electrons. The van der Waals surface area contributed by atoms with Crippen molar-refractivity contribution >= 4 is 52.4 Å². The lowest BCUT2D eigenvalue weighted by atomic mass is 10.2. The highest BCUT2D eigenvalue weighted by Crippen LogP contribution is 2.25. The van der Waals surface area contributed by atoms with Crippen LogP contribution in [0.15, 0.2) is 42.5 Å². The van der Waals surface area contributed by atoms with Gasteiger partial charge in [0.1, 0.15) is 0 Å². The number of anilines is 2. The number of halogens is 2. The monoisotopic (exact) mass is 408 g/mol. The van der Waals surface area contributed by atoms with Gasteiger partial charge in [-0.25, -0.2) is 4.79 Å². The van der Waals surface area contributed by atoms with E-state index in [1.807, 2.05) is 0 Å². The molecule has 0 aliphatic carbocycles. The number of nitrogens with one attached hydrogen (secondary N) is 4. The minimum Gasteiger partial charge on any atom is -0.350 e. The summed E-state index contributed by atoms with van der Waals surface area (Å²) in [7, 11) is 0. The van der Waals surface area contributed by atoms with Gasteiger partial charge in [-0.1, -0.05) is 23.2 Å².